The van der Waals surface area contributed by atoms with Gasteiger partial charge >= 0.3 is 0 Å². The molecule has 0 radical (unpaired) electrons. The maximum Gasteiger partial charge on any atom is 0.256 e. The third kappa shape index (κ3) is 5.36. The summed E-state index contributed by atoms with van der Waals surface area (Å²) in [7, 11) is 0. The molecule has 2 heterocycles. The summed E-state index contributed by atoms with van der Waals surface area (Å²) in [6.07, 6.45) is 0.843. The van der Waals surface area contributed by atoms with Gasteiger partial charge in [0.2, 0.25) is 5.91 Å². The van der Waals surface area contributed by atoms with Gasteiger partial charge in [-0.05, 0) is 43.2 Å². The number of hydrogen-bond acceptors (Lipinski definition) is 4. The lowest BCUT2D eigenvalue weighted by Crippen LogP contribution is -2.60. The number of halogens is 1. The molecule has 2 aromatic carbocycles. The summed E-state index contributed by atoms with van der Waals surface area (Å²) in [4.78, 5) is 43.2. The predicted octanol–water partition coefficient (Wildman–Crippen LogP) is 3.89. The maximum atomic E-state index is 13.7. The van der Waals surface area contributed by atoms with E-state index in [-0.39, 0.29) is 30.2 Å². The van der Waals surface area contributed by atoms with Crippen molar-refractivity contribution in [1.29, 1.82) is 0 Å². The van der Waals surface area contributed by atoms with E-state index in [0.29, 0.717) is 48.6 Å². The first-order valence-electron chi connectivity index (χ1n) is 12.1. The molecule has 35 heavy (non-hydrogen) atoms. The molecule has 2 fully saturated rings. The van der Waals surface area contributed by atoms with E-state index >= 15 is 0 Å². The molecular weight excluding hydrogens is 466 g/mol. The fourth-order valence-electron chi connectivity index (χ4n) is 4.69. The van der Waals surface area contributed by atoms with E-state index in [1.165, 1.54) is 0 Å². The Kier molecular flexibility index (Phi) is 7.47. The standard InChI is InChI=1S/C27H32ClN3O4/c1-18(2)16-29-24(32)23-17-35-27(31(23)26(34)20-9-7-19(3)8-10-20)11-13-30(14-12-27)25(33)21-5-4-6-22(28)15-21/h4-10,15,18,23H,11-14,16-17H2,1-3H3,(H,29,32)/t23-/m1/s1. The van der Waals surface area contributed by atoms with Gasteiger partial charge in [-0.25, -0.2) is 0 Å². The maximum absolute atomic E-state index is 13.7. The zero-order valence-electron chi connectivity index (χ0n) is 20.4. The largest absolute Gasteiger partial charge is 0.354 e. The Bertz CT molecular complexity index is 1090. The molecule has 2 aliphatic rings. The van der Waals surface area contributed by atoms with Crippen molar-refractivity contribution in [2.45, 2.75) is 45.4 Å². The third-order valence-corrected chi connectivity index (χ3v) is 6.90. The van der Waals surface area contributed by atoms with Crippen LogP contribution in [0.3, 0.4) is 0 Å². The summed E-state index contributed by atoms with van der Waals surface area (Å²) < 4.78 is 6.24. The van der Waals surface area contributed by atoms with Crippen molar-refractivity contribution in [1.82, 2.24) is 15.1 Å². The summed E-state index contributed by atoms with van der Waals surface area (Å²) >= 11 is 6.07. The average molecular weight is 498 g/mol. The molecule has 2 saturated heterocycles. The second-order valence-corrected chi connectivity index (χ2v) is 10.2. The van der Waals surface area contributed by atoms with Crippen LogP contribution < -0.4 is 5.32 Å². The SMILES string of the molecule is Cc1ccc(C(=O)N2[C@@H](C(=O)NCC(C)C)COC23CCN(C(=O)c2cccc(Cl)c2)CC3)cc1. The van der Waals surface area contributed by atoms with E-state index in [1.807, 2.05) is 32.9 Å². The molecule has 0 aromatic heterocycles. The Balaban J connectivity index is 1.56. The molecule has 4 rings (SSSR count). The molecule has 1 spiro atoms. The predicted molar refractivity (Wildman–Crippen MR) is 134 cm³/mol. The Morgan fingerprint density at radius 1 is 1.06 bits per heavy atom. The molecule has 0 unspecified atom stereocenters. The van der Waals surface area contributed by atoms with Crippen LogP contribution in [0.15, 0.2) is 48.5 Å². The molecule has 0 aliphatic carbocycles. The molecule has 7 nitrogen and oxygen atoms in total. The van der Waals surface area contributed by atoms with Crippen molar-refractivity contribution in [3.05, 3.63) is 70.2 Å². The molecule has 0 saturated carbocycles. The van der Waals surface area contributed by atoms with E-state index in [4.69, 9.17) is 16.3 Å². The van der Waals surface area contributed by atoms with Gasteiger partial charge in [0.05, 0.1) is 6.61 Å². The topological polar surface area (TPSA) is 79.0 Å². The Hall–Kier alpha value is -2.90. The van der Waals surface area contributed by atoms with Crippen molar-refractivity contribution in [3.63, 3.8) is 0 Å². The van der Waals surface area contributed by atoms with Crippen LogP contribution in [0.5, 0.6) is 0 Å². The van der Waals surface area contributed by atoms with Crippen LogP contribution in [-0.4, -0.2) is 65.5 Å². The number of aryl methyl sites for hydroxylation is 1. The van der Waals surface area contributed by atoms with Crippen LogP contribution in [-0.2, 0) is 9.53 Å². The highest BCUT2D eigenvalue weighted by Gasteiger charge is 2.54. The number of nitrogens with zero attached hydrogens (tertiary/aromatic N) is 2. The van der Waals surface area contributed by atoms with E-state index in [9.17, 15) is 14.4 Å². The first-order chi connectivity index (χ1) is 16.7. The normalized spacial score (nSPS) is 19.3. The fourth-order valence-corrected chi connectivity index (χ4v) is 4.88. The Labute approximate surface area is 211 Å². The number of nitrogens with one attached hydrogen (secondary N) is 1. The van der Waals surface area contributed by atoms with Gasteiger partial charge in [0.1, 0.15) is 11.8 Å². The molecule has 8 heteroatoms. The van der Waals surface area contributed by atoms with Crippen molar-refractivity contribution < 1.29 is 19.1 Å². The third-order valence-electron chi connectivity index (χ3n) is 6.67. The smallest absolute Gasteiger partial charge is 0.256 e. The summed E-state index contributed by atoms with van der Waals surface area (Å²) in [5.74, 6) is -0.268. The second-order valence-electron chi connectivity index (χ2n) is 9.76. The number of rotatable bonds is 5. The van der Waals surface area contributed by atoms with Gasteiger partial charge < -0.3 is 15.0 Å². The molecule has 2 aromatic rings. The van der Waals surface area contributed by atoms with Crippen LogP contribution in [0.2, 0.25) is 5.02 Å². The van der Waals surface area contributed by atoms with Crippen LogP contribution >= 0.6 is 11.6 Å². The summed E-state index contributed by atoms with van der Waals surface area (Å²) in [6, 6.07) is 13.5. The van der Waals surface area contributed by atoms with Crippen LogP contribution in [0.1, 0.15) is 53.0 Å². The molecule has 2 aliphatic heterocycles. The number of benzene rings is 2. The van der Waals surface area contributed by atoms with E-state index in [2.05, 4.69) is 5.32 Å². The highest BCUT2D eigenvalue weighted by molar-refractivity contribution is 6.30. The number of ether oxygens (including phenoxy) is 1. The van der Waals surface area contributed by atoms with Gasteiger partial charge in [-0.1, -0.05) is 49.2 Å². The minimum atomic E-state index is -0.938. The van der Waals surface area contributed by atoms with Crippen molar-refractivity contribution in [3.8, 4) is 0 Å². The van der Waals surface area contributed by atoms with Gasteiger partial charge in [-0.2, -0.15) is 0 Å². The van der Waals surface area contributed by atoms with E-state index in [0.717, 1.165) is 5.56 Å². The number of carbonyl (C=O) groups excluding carboxylic acids is 3. The summed E-state index contributed by atoms with van der Waals surface area (Å²) in [6.45, 7) is 7.47. The second kappa shape index (κ2) is 10.4. The van der Waals surface area contributed by atoms with Gasteiger partial charge in [0, 0.05) is 48.6 Å². The van der Waals surface area contributed by atoms with Crippen molar-refractivity contribution in [2.75, 3.05) is 26.2 Å². The first-order valence-corrected chi connectivity index (χ1v) is 12.4. The zero-order chi connectivity index (χ0) is 25.2. The Morgan fingerprint density at radius 2 is 1.74 bits per heavy atom. The number of amides is 3. The molecule has 3 amide bonds. The lowest BCUT2D eigenvalue weighted by molar-refractivity contribution is -0.128. The minimum Gasteiger partial charge on any atom is -0.354 e. The summed E-state index contributed by atoms with van der Waals surface area (Å²) in [5, 5.41) is 3.46. The van der Waals surface area contributed by atoms with Crippen LogP contribution in [0.25, 0.3) is 0 Å². The van der Waals surface area contributed by atoms with Gasteiger partial charge in [-0.3, -0.25) is 19.3 Å². The molecule has 0 bridgehead atoms. The van der Waals surface area contributed by atoms with Gasteiger partial charge in [0.15, 0.2) is 0 Å². The fraction of sp³-hybridized carbons (Fsp3) is 0.444. The quantitative estimate of drug-likeness (QED) is 0.679. The van der Waals surface area contributed by atoms with E-state index in [1.54, 1.807) is 46.2 Å². The monoisotopic (exact) mass is 497 g/mol. The number of piperidine rings is 1. The van der Waals surface area contributed by atoms with Gasteiger partial charge in [0.25, 0.3) is 11.8 Å². The lowest BCUT2D eigenvalue weighted by atomic mass is 9.96. The van der Waals surface area contributed by atoms with Crippen molar-refractivity contribution in [2.24, 2.45) is 5.92 Å². The lowest BCUT2D eigenvalue weighted by Gasteiger charge is -2.44. The van der Waals surface area contributed by atoms with E-state index < -0.39 is 11.8 Å². The van der Waals surface area contributed by atoms with Gasteiger partial charge in [-0.15, -0.1) is 0 Å². The van der Waals surface area contributed by atoms with Crippen molar-refractivity contribution >= 4 is 29.3 Å². The zero-order valence-corrected chi connectivity index (χ0v) is 21.2. The van der Waals surface area contributed by atoms with Crippen LogP contribution in [0, 0.1) is 12.8 Å². The number of hydrogen-bond donors (Lipinski definition) is 1. The highest BCUT2D eigenvalue weighted by Crippen LogP contribution is 2.39. The minimum absolute atomic E-state index is 0.108. The highest BCUT2D eigenvalue weighted by atomic mass is 35.5. The van der Waals surface area contributed by atoms with Crippen LogP contribution in [0.4, 0.5) is 0 Å². The molecular formula is C27H32ClN3O4. The number of likely N-dealkylation sites (tertiary alicyclic amines) is 1. The molecule has 1 atom stereocenters. The average Bonchev–Trinajstić information content (AvgIpc) is 3.21. The molecule has 186 valence electrons. The molecule has 1 N–H and O–H groups in total. The Morgan fingerprint density at radius 3 is 2.37 bits per heavy atom. The summed E-state index contributed by atoms with van der Waals surface area (Å²) in [5.41, 5.74) is 1.15. The first kappa shape index (κ1) is 25.2. The number of carbonyl (C=O) groups is 3.